The van der Waals surface area contributed by atoms with E-state index in [4.69, 9.17) is 14.7 Å². The number of ether oxygens (including phenoxy) is 1. The molecule has 34 heavy (non-hydrogen) atoms. The summed E-state index contributed by atoms with van der Waals surface area (Å²) in [6.07, 6.45) is 4.45. The molecule has 0 atom stereocenters. The fourth-order valence-corrected chi connectivity index (χ4v) is 3.21. The molecular weight excluding hydrogens is 416 g/mol. The van der Waals surface area contributed by atoms with E-state index in [1.54, 1.807) is 7.11 Å². The average molecular weight is 465 g/mol. The fraction of sp³-hybridized carbons (Fsp3) is 0.484. The van der Waals surface area contributed by atoms with Crippen LogP contribution in [0.2, 0.25) is 0 Å². The molecule has 0 unspecified atom stereocenters. The summed E-state index contributed by atoms with van der Waals surface area (Å²) in [6.45, 7) is 23.7. The molecule has 0 bridgehead atoms. The first kappa shape index (κ1) is 31.5. The van der Waals surface area contributed by atoms with Crippen LogP contribution in [0.1, 0.15) is 80.5 Å². The summed E-state index contributed by atoms with van der Waals surface area (Å²) in [5, 5.41) is 0. The van der Waals surface area contributed by atoms with Gasteiger partial charge in [0.25, 0.3) is 0 Å². The molecule has 0 saturated carbocycles. The zero-order valence-corrected chi connectivity index (χ0v) is 23.8. The predicted molar refractivity (Wildman–Crippen MR) is 152 cm³/mol. The number of fused-ring (bicyclic) bond motifs is 1. The Hall–Kier alpha value is -2.52. The summed E-state index contributed by atoms with van der Waals surface area (Å²) >= 11 is 0. The minimum absolute atomic E-state index is 0.00324. The van der Waals surface area contributed by atoms with E-state index >= 15 is 0 Å². The number of rotatable bonds is 6. The predicted octanol–water partition coefficient (Wildman–Crippen LogP) is 9.40. The molecule has 1 aromatic heterocycles. The van der Waals surface area contributed by atoms with Crippen LogP contribution in [0, 0.1) is 17.8 Å². The Balaban J connectivity index is 0.00000168. The molecule has 0 saturated heterocycles. The fourth-order valence-electron chi connectivity index (χ4n) is 3.21. The molecule has 0 radical (unpaired) electrons. The molecule has 0 spiro atoms. The average Bonchev–Trinajstić information content (AvgIpc) is 2.86. The Kier molecular flexibility index (Phi) is 14.3. The van der Waals surface area contributed by atoms with Crippen LogP contribution >= 0.6 is 0 Å². The molecule has 3 rings (SSSR count). The van der Waals surface area contributed by atoms with E-state index in [1.165, 1.54) is 0 Å². The third kappa shape index (κ3) is 8.36. The van der Waals surface area contributed by atoms with Crippen molar-refractivity contribution in [3.63, 3.8) is 0 Å². The molecule has 0 aliphatic heterocycles. The Bertz CT molecular complexity index is 989. The van der Waals surface area contributed by atoms with E-state index in [2.05, 4.69) is 70.2 Å². The van der Waals surface area contributed by atoms with Gasteiger partial charge in [-0.2, -0.15) is 0 Å². The third-order valence-corrected chi connectivity index (χ3v) is 5.85. The van der Waals surface area contributed by atoms with Gasteiger partial charge in [-0.1, -0.05) is 118 Å². The van der Waals surface area contributed by atoms with Gasteiger partial charge in [0.1, 0.15) is 0 Å². The van der Waals surface area contributed by atoms with Crippen molar-refractivity contribution < 1.29 is 4.74 Å². The standard InChI is InChI=1S/C25H30N2O.3C2H6/c1-18-23(20-10-8-7-9-11-20)27-21-13-12-19(16-22(21)26-18)14-15-24(2,3)25(4,5)17-28-6;3*1-2/h7-16H,17H2,1-6H3;3*1-2H3/b15-14+;;;. The highest BCUT2D eigenvalue weighted by Gasteiger charge is 2.34. The van der Waals surface area contributed by atoms with Crippen molar-refractivity contribution in [1.29, 1.82) is 0 Å². The first-order valence-corrected chi connectivity index (χ1v) is 12.8. The maximum absolute atomic E-state index is 5.41. The number of benzene rings is 2. The van der Waals surface area contributed by atoms with Gasteiger partial charge >= 0.3 is 0 Å². The van der Waals surface area contributed by atoms with Gasteiger partial charge in [0, 0.05) is 12.7 Å². The van der Waals surface area contributed by atoms with Gasteiger partial charge in [-0.25, -0.2) is 9.97 Å². The zero-order valence-electron chi connectivity index (χ0n) is 23.8. The SMILES string of the molecule is CC.CC.CC.COCC(C)(C)C(C)(C)/C=C/c1ccc2nc(-c3ccccc3)c(C)nc2c1. The Morgan fingerprint density at radius 3 is 1.94 bits per heavy atom. The van der Waals surface area contributed by atoms with Crippen LogP contribution in [0.25, 0.3) is 28.4 Å². The first-order chi connectivity index (χ1) is 16.2. The monoisotopic (exact) mass is 464 g/mol. The van der Waals surface area contributed by atoms with Crippen molar-refractivity contribution in [3.05, 3.63) is 65.9 Å². The van der Waals surface area contributed by atoms with Gasteiger partial charge in [0.05, 0.1) is 29.0 Å². The molecule has 188 valence electrons. The van der Waals surface area contributed by atoms with E-state index < -0.39 is 0 Å². The summed E-state index contributed by atoms with van der Waals surface area (Å²) < 4.78 is 5.41. The minimum atomic E-state index is -0.00324. The molecule has 0 N–H and O–H groups in total. The van der Waals surface area contributed by atoms with Gasteiger partial charge in [-0.3, -0.25) is 0 Å². The zero-order chi connectivity index (χ0) is 26.4. The topological polar surface area (TPSA) is 35.0 Å². The van der Waals surface area contributed by atoms with Crippen LogP contribution < -0.4 is 0 Å². The summed E-state index contributed by atoms with van der Waals surface area (Å²) in [5.41, 5.74) is 6.00. The number of nitrogens with zero attached hydrogens (tertiary/aromatic N) is 2. The molecule has 0 aliphatic rings. The number of hydrogen-bond donors (Lipinski definition) is 0. The maximum atomic E-state index is 5.41. The summed E-state index contributed by atoms with van der Waals surface area (Å²) in [7, 11) is 1.76. The van der Waals surface area contributed by atoms with Crippen molar-refractivity contribution in [2.75, 3.05) is 13.7 Å². The van der Waals surface area contributed by atoms with Crippen LogP contribution in [-0.4, -0.2) is 23.7 Å². The molecular formula is C31H48N2O. The van der Waals surface area contributed by atoms with Crippen LogP contribution in [-0.2, 0) is 4.74 Å². The smallest absolute Gasteiger partial charge is 0.0922 e. The number of aryl methyl sites for hydroxylation is 1. The van der Waals surface area contributed by atoms with Crippen molar-refractivity contribution >= 4 is 17.1 Å². The lowest BCUT2D eigenvalue weighted by atomic mass is 9.68. The number of aromatic nitrogens is 2. The lowest BCUT2D eigenvalue weighted by Crippen LogP contribution is -2.34. The molecule has 0 amide bonds. The van der Waals surface area contributed by atoms with Gasteiger partial charge in [-0.05, 0) is 35.4 Å². The highest BCUT2D eigenvalue weighted by Crippen LogP contribution is 2.40. The van der Waals surface area contributed by atoms with Crippen molar-refractivity contribution in [1.82, 2.24) is 9.97 Å². The molecule has 0 aliphatic carbocycles. The van der Waals surface area contributed by atoms with E-state index in [-0.39, 0.29) is 10.8 Å². The Labute approximate surface area is 209 Å². The van der Waals surface area contributed by atoms with Crippen molar-refractivity contribution in [2.24, 2.45) is 10.8 Å². The number of allylic oxidation sites excluding steroid dienone is 1. The molecule has 3 aromatic rings. The van der Waals surface area contributed by atoms with Crippen LogP contribution in [0.3, 0.4) is 0 Å². The second-order valence-electron chi connectivity index (χ2n) is 8.64. The van der Waals surface area contributed by atoms with Crippen molar-refractivity contribution in [2.45, 2.75) is 76.2 Å². The normalized spacial score (nSPS) is 11.1. The van der Waals surface area contributed by atoms with E-state index in [9.17, 15) is 0 Å². The highest BCUT2D eigenvalue weighted by molar-refractivity contribution is 5.80. The first-order valence-electron chi connectivity index (χ1n) is 12.8. The molecule has 3 heteroatoms. The van der Waals surface area contributed by atoms with Crippen LogP contribution in [0.4, 0.5) is 0 Å². The largest absolute Gasteiger partial charge is 0.384 e. The molecule has 0 fully saturated rings. The third-order valence-electron chi connectivity index (χ3n) is 5.85. The van der Waals surface area contributed by atoms with E-state index in [1.807, 2.05) is 66.7 Å². The summed E-state index contributed by atoms with van der Waals surface area (Å²) in [5.74, 6) is 0. The van der Waals surface area contributed by atoms with Crippen molar-refractivity contribution in [3.8, 4) is 11.3 Å². The minimum Gasteiger partial charge on any atom is -0.384 e. The highest BCUT2D eigenvalue weighted by atomic mass is 16.5. The Morgan fingerprint density at radius 2 is 1.38 bits per heavy atom. The van der Waals surface area contributed by atoms with E-state index in [0.29, 0.717) is 0 Å². The van der Waals surface area contributed by atoms with Gasteiger partial charge in [0.15, 0.2) is 0 Å². The summed E-state index contributed by atoms with van der Waals surface area (Å²) in [4.78, 5) is 9.67. The second kappa shape index (κ2) is 15.4. The lowest BCUT2D eigenvalue weighted by Gasteiger charge is -2.39. The molecule has 2 aromatic carbocycles. The van der Waals surface area contributed by atoms with Gasteiger partial charge < -0.3 is 4.74 Å². The summed E-state index contributed by atoms with van der Waals surface area (Å²) in [6, 6.07) is 16.5. The van der Waals surface area contributed by atoms with Crippen LogP contribution in [0.5, 0.6) is 0 Å². The lowest BCUT2D eigenvalue weighted by molar-refractivity contribution is 0.0390. The maximum Gasteiger partial charge on any atom is 0.0922 e. The number of hydrogen-bond acceptors (Lipinski definition) is 3. The van der Waals surface area contributed by atoms with Crippen LogP contribution in [0.15, 0.2) is 54.6 Å². The molecule has 3 nitrogen and oxygen atoms in total. The van der Waals surface area contributed by atoms with Gasteiger partial charge in [0.2, 0.25) is 0 Å². The second-order valence-corrected chi connectivity index (χ2v) is 8.64. The van der Waals surface area contributed by atoms with Gasteiger partial charge in [-0.15, -0.1) is 0 Å². The number of methoxy groups -OCH3 is 1. The Morgan fingerprint density at radius 1 is 0.794 bits per heavy atom. The quantitative estimate of drug-likeness (QED) is 0.364. The molecule has 1 heterocycles. The van der Waals surface area contributed by atoms with E-state index in [0.717, 1.165) is 40.2 Å².